The van der Waals surface area contributed by atoms with E-state index < -0.39 is 0 Å². The highest BCUT2D eigenvalue weighted by molar-refractivity contribution is 9.10. The molecule has 0 heterocycles. The molecule has 0 aliphatic rings. The van der Waals surface area contributed by atoms with E-state index in [9.17, 15) is 4.39 Å². The molecule has 0 aliphatic heterocycles. The number of nitrogens with zero attached hydrogens (tertiary/aromatic N) is 1. The molecular formula is C14H9BrClFN2. The SMILES string of the molecule is N#Cc1ccc(NCc2cc(F)ccc2Br)c(Cl)c1. The predicted molar refractivity (Wildman–Crippen MR) is 77.6 cm³/mol. The highest BCUT2D eigenvalue weighted by Gasteiger charge is 2.05. The van der Waals surface area contributed by atoms with E-state index in [0.717, 1.165) is 10.0 Å². The van der Waals surface area contributed by atoms with Crippen molar-refractivity contribution in [3.63, 3.8) is 0 Å². The number of hydrogen-bond acceptors (Lipinski definition) is 2. The molecule has 96 valence electrons. The molecule has 2 nitrogen and oxygen atoms in total. The molecule has 0 unspecified atom stereocenters. The van der Waals surface area contributed by atoms with Gasteiger partial charge in [-0.05, 0) is 42.0 Å². The number of halogens is 3. The molecule has 0 saturated heterocycles. The second kappa shape index (κ2) is 6.05. The average Bonchev–Trinajstić information content (AvgIpc) is 2.40. The van der Waals surface area contributed by atoms with E-state index in [1.165, 1.54) is 12.1 Å². The van der Waals surface area contributed by atoms with Crippen LogP contribution in [0.2, 0.25) is 5.02 Å². The number of rotatable bonds is 3. The molecule has 0 fully saturated rings. The van der Waals surface area contributed by atoms with Gasteiger partial charge in [-0.15, -0.1) is 0 Å². The van der Waals surface area contributed by atoms with Gasteiger partial charge in [0.15, 0.2) is 0 Å². The van der Waals surface area contributed by atoms with E-state index in [1.807, 2.05) is 6.07 Å². The maximum Gasteiger partial charge on any atom is 0.123 e. The van der Waals surface area contributed by atoms with Crippen LogP contribution in [0.15, 0.2) is 40.9 Å². The molecular weight excluding hydrogens is 331 g/mol. The van der Waals surface area contributed by atoms with Crippen LogP contribution in [-0.2, 0) is 6.54 Å². The van der Waals surface area contributed by atoms with Gasteiger partial charge in [0, 0.05) is 11.0 Å². The van der Waals surface area contributed by atoms with Crippen LogP contribution in [-0.4, -0.2) is 0 Å². The normalized spacial score (nSPS) is 10.0. The lowest BCUT2D eigenvalue weighted by Crippen LogP contribution is -2.01. The number of hydrogen-bond donors (Lipinski definition) is 1. The number of nitrogens with one attached hydrogen (secondary N) is 1. The summed E-state index contributed by atoms with van der Waals surface area (Å²) < 4.78 is 14.0. The monoisotopic (exact) mass is 338 g/mol. The zero-order chi connectivity index (χ0) is 13.8. The van der Waals surface area contributed by atoms with Gasteiger partial charge in [-0.3, -0.25) is 0 Å². The molecule has 0 saturated carbocycles. The van der Waals surface area contributed by atoms with Crippen molar-refractivity contribution >= 4 is 33.2 Å². The Balaban J connectivity index is 2.15. The Morgan fingerprint density at radius 3 is 2.74 bits per heavy atom. The summed E-state index contributed by atoms with van der Waals surface area (Å²) in [6, 6.07) is 11.5. The molecule has 19 heavy (non-hydrogen) atoms. The average molecular weight is 340 g/mol. The van der Waals surface area contributed by atoms with Crippen LogP contribution in [0.25, 0.3) is 0 Å². The molecule has 0 spiro atoms. The van der Waals surface area contributed by atoms with Crippen molar-refractivity contribution < 1.29 is 4.39 Å². The first kappa shape index (κ1) is 13.9. The smallest absolute Gasteiger partial charge is 0.123 e. The Labute approximate surface area is 123 Å². The number of anilines is 1. The molecule has 0 aliphatic carbocycles. The maximum atomic E-state index is 13.1. The topological polar surface area (TPSA) is 35.8 Å². The van der Waals surface area contributed by atoms with Crippen molar-refractivity contribution in [1.82, 2.24) is 0 Å². The van der Waals surface area contributed by atoms with E-state index in [1.54, 1.807) is 24.3 Å². The van der Waals surface area contributed by atoms with Gasteiger partial charge in [0.25, 0.3) is 0 Å². The van der Waals surface area contributed by atoms with Crippen molar-refractivity contribution in [3.8, 4) is 6.07 Å². The van der Waals surface area contributed by atoms with E-state index >= 15 is 0 Å². The third kappa shape index (κ3) is 3.46. The van der Waals surface area contributed by atoms with E-state index in [-0.39, 0.29) is 5.82 Å². The zero-order valence-electron chi connectivity index (χ0n) is 9.75. The zero-order valence-corrected chi connectivity index (χ0v) is 12.1. The second-order valence-electron chi connectivity index (χ2n) is 3.90. The molecule has 2 aromatic rings. The summed E-state index contributed by atoms with van der Waals surface area (Å²) in [5, 5.41) is 12.3. The summed E-state index contributed by atoms with van der Waals surface area (Å²) in [5.74, 6) is -0.286. The van der Waals surface area contributed by atoms with Gasteiger partial charge < -0.3 is 5.32 Å². The maximum absolute atomic E-state index is 13.1. The van der Waals surface area contributed by atoms with Gasteiger partial charge in [0.05, 0.1) is 22.3 Å². The lowest BCUT2D eigenvalue weighted by molar-refractivity contribution is 0.625. The number of nitriles is 1. The summed E-state index contributed by atoms with van der Waals surface area (Å²) in [7, 11) is 0. The first-order valence-electron chi connectivity index (χ1n) is 5.47. The summed E-state index contributed by atoms with van der Waals surface area (Å²) in [6.45, 7) is 0.434. The highest BCUT2D eigenvalue weighted by atomic mass is 79.9. The van der Waals surface area contributed by atoms with Gasteiger partial charge >= 0.3 is 0 Å². The van der Waals surface area contributed by atoms with Crippen LogP contribution >= 0.6 is 27.5 Å². The predicted octanol–water partition coefficient (Wildman–Crippen LogP) is 4.73. The largest absolute Gasteiger partial charge is 0.380 e. The van der Waals surface area contributed by atoms with Crippen molar-refractivity contribution in [2.24, 2.45) is 0 Å². The van der Waals surface area contributed by atoms with Gasteiger partial charge in [-0.25, -0.2) is 4.39 Å². The fraction of sp³-hybridized carbons (Fsp3) is 0.0714. The first-order valence-corrected chi connectivity index (χ1v) is 6.64. The Morgan fingerprint density at radius 2 is 2.05 bits per heavy atom. The Morgan fingerprint density at radius 1 is 1.26 bits per heavy atom. The summed E-state index contributed by atoms with van der Waals surface area (Å²) in [6.07, 6.45) is 0. The fourth-order valence-electron chi connectivity index (χ4n) is 1.60. The molecule has 1 N–H and O–H groups in total. The first-order chi connectivity index (χ1) is 9.10. The van der Waals surface area contributed by atoms with Crippen LogP contribution in [0.4, 0.5) is 10.1 Å². The van der Waals surface area contributed by atoms with Crippen molar-refractivity contribution in [2.45, 2.75) is 6.54 Å². The lowest BCUT2D eigenvalue weighted by atomic mass is 10.2. The molecule has 0 bridgehead atoms. The summed E-state index contributed by atoms with van der Waals surface area (Å²) in [5.41, 5.74) is 2.00. The molecule has 0 atom stereocenters. The third-order valence-corrected chi connectivity index (χ3v) is 3.66. The van der Waals surface area contributed by atoms with Crippen molar-refractivity contribution in [1.29, 1.82) is 5.26 Å². The van der Waals surface area contributed by atoms with Gasteiger partial charge in [-0.2, -0.15) is 5.26 Å². The van der Waals surface area contributed by atoms with Gasteiger partial charge in [0.1, 0.15) is 5.82 Å². The van der Waals surface area contributed by atoms with E-state index in [2.05, 4.69) is 21.2 Å². The summed E-state index contributed by atoms with van der Waals surface area (Å²) >= 11 is 9.41. The van der Waals surface area contributed by atoms with Gasteiger partial charge in [-0.1, -0.05) is 27.5 Å². The molecule has 0 amide bonds. The third-order valence-electron chi connectivity index (χ3n) is 2.58. The Kier molecular flexibility index (Phi) is 4.41. The van der Waals surface area contributed by atoms with Crippen LogP contribution in [0.1, 0.15) is 11.1 Å². The molecule has 0 radical (unpaired) electrons. The highest BCUT2D eigenvalue weighted by Crippen LogP contribution is 2.25. The Bertz CT molecular complexity index is 652. The molecule has 2 rings (SSSR count). The van der Waals surface area contributed by atoms with Crippen molar-refractivity contribution in [2.75, 3.05) is 5.32 Å². The van der Waals surface area contributed by atoms with E-state index in [4.69, 9.17) is 16.9 Å². The minimum Gasteiger partial charge on any atom is -0.380 e. The van der Waals surface area contributed by atoms with Crippen LogP contribution in [0.3, 0.4) is 0 Å². The van der Waals surface area contributed by atoms with Crippen molar-refractivity contribution in [3.05, 3.63) is 62.8 Å². The number of benzene rings is 2. The quantitative estimate of drug-likeness (QED) is 0.878. The summed E-state index contributed by atoms with van der Waals surface area (Å²) in [4.78, 5) is 0. The minimum atomic E-state index is -0.286. The standard InChI is InChI=1S/C14H9BrClFN2/c15-12-3-2-11(17)6-10(12)8-19-14-4-1-9(7-18)5-13(14)16/h1-6,19H,8H2. The minimum absolute atomic E-state index is 0.286. The van der Waals surface area contributed by atoms with Crippen LogP contribution < -0.4 is 5.32 Å². The van der Waals surface area contributed by atoms with Crippen LogP contribution in [0.5, 0.6) is 0 Å². The molecule has 2 aromatic carbocycles. The molecule has 0 aromatic heterocycles. The fourth-order valence-corrected chi connectivity index (χ4v) is 2.23. The van der Waals surface area contributed by atoms with Gasteiger partial charge in [0.2, 0.25) is 0 Å². The second-order valence-corrected chi connectivity index (χ2v) is 5.16. The molecule has 5 heteroatoms. The van der Waals surface area contributed by atoms with E-state index in [0.29, 0.717) is 22.8 Å². The van der Waals surface area contributed by atoms with Crippen LogP contribution in [0, 0.1) is 17.1 Å². The Hall–Kier alpha value is -1.57. The lowest BCUT2D eigenvalue weighted by Gasteiger charge is -2.10.